The van der Waals surface area contributed by atoms with Crippen molar-refractivity contribution in [3.8, 4) is 0 Å². The second-order valence-corrected chi connectivity index (χ2v) is 8.10. The Kier molecular flexibility index (Phi) is 7.23. The van der Waals surface area contributed by atoms with E-state index in [1.807, 2.05) is 38.0 Å². The number of rotatable bonds is 6. The van der Waals surface area contributed by atoms with Crippen LogP contribution in [0.3, 0.4) is 0 Å². The summed E-state index contributed by atoms with van der Waals surface area (Å²) in [6.07, 6.45) is 5.97. The van der Waals surface area contributed by atoms with Crippen LogP contribution in [0, 0.1) is 0 Å². The van der Waals surface area contributed by atoms with E-state index in [0.717, 1.165) is 12.8 Å². The highest BCUT2D eigenvalue weighted by atomic mass is 32.1. The molecule has 2 N–H and O–H groups in total. The van der Waals surface area contributed by atoms with Crippen LogP contribution in [0.1, 0.15) is 65.5 Å². The number of hydrogen-bond donors (Lipinski definition) is 2. The Bertz CT molecular complexity index is 571. The molecule has 1 saturated carbocycles. The van der Waals surface area contributed by atoms with Crippen molar-refractivity contribution in [2.75, 3.05) is 5.32 Å². The van der Waals surface area contributed by atoms with E-state index in [0.29, 0.717) is 10.8 Å². The minimum Gasteiger partial charge on any atom is -0.338 e. The Hall–Kier alpha value is -1.63. The van der Waals surface area contributed by atoms with Crippen molar-refractivity contribution < 1.29 is 9.59 Å². The number of nitrogens with zero attached hydrogens (tertiary/aromatic N) is 2. The third kappa shape index (κ3) is 5.99. The maximum atomic E-state index is 12.5. The number of amides is 3. The molecular formula is C18H30N4O2S. The third-order valence-corrected chi connectivity index (χ3v) is 5.25. The van der Waals surface area contributed by atoms with Crippen LogP contribution in [0.25, 0.3) is 0 Å². The van der Waals surface area contributed by atoms with Crippen LogP contribution in [0.2, 0.25) is 0 Å². The van der Waals surface area contributed by atoms with E-state index in [1.165, 1.54) is 30.6 Å². The lowest BCUT2D eigenvalue weighted by Crippen LogP contribution is -2.42. The van der Waals surface area contributed by atoms with Crippen molar-refractivity contribution in [1.29, 1.82) is 0 Å². The standard InChI is InChI=1S/C18H30N4O2S/c1-12(2)22(13(3)4)16(23)10-15-11-25-18(20-15)21-17(24)19-14-8-6-5-7-9-14/h11-14H,5-10H2,1-4H3,(H2,19,20,21,24). The predicted molar refractivity (Wildman–Crippen MR) is 102 cm³/mol. The van der Waals surface area contributed by atoms with Crippen LogP contribution in [0.5, 0.6) is 0 Å². The van der Waals surface area contributed by atoms with Gasteiger partial charge in [0.15, 0.2) is 5.13 Å². The second-order valence-electron chi connectivity index (χ2n) is 7.24. The number of carbonyl (C=O) groups excluding carboxylic acids is 2. The summed E-state index contributed by atoms with van der Waals surface area (Å²) in [6, 6.07) is 0.375. The van der Waals surface area contributed by atoms with Crippen LogP contribution in [0.4, 0.5) is 9.93 Å². The molecule has 0 saturated heterocycles. The molecule has 140 valence electrons. The summed E-state index contributed by atoms with van der Waals surface area (Å²) < 4.78 is 0. The molecule has 0 atom stereocenters. The lowest BCUT2D eigenvalue weighted by molar-refractivity contribution is -0.134. The maximum Gasteiger partial charge on any atom is 0.321 e. The van der Waals surface area contributed by atoms with Gasteiger partial charge >= 0.3 is 6.03 Å². The zero-order valence-corrected chi connectivity index (χ0v) is 16.5. The number of nitrogens with one attached hydrogen (secondary N) is 2. The average Bonchev–Trinajstić information content (AvgIpc) is 2.94. The first kappa shape index (κ1) is 19.7. The van der Waals surface area contributed by atoms with Gasteiger partial charge in [0.2, 0.25) is 5.91 Å². The zero-order valence-electron chi connectivity index (χ0n) is 15.7. The van der Waals surface area contributed by atoms with E-state index in [2.05, 4.69) is 15.6 Å². The van der Waals surface area contributed by atoms with Crippen molar-refractivity contribution in [2.24, 2.45) is 0 Å². The van der Waals surface area contributed by atoms with Gasteiger partial charge in [-0.1, -0.05) is 19.3 Å². The van der Waals surface area contributed by atoms with Crippen molar-refractivity contribution >= 4 is 28.4 Å². The fraction of sp³-hybridized carbons (Fsp3) is 0.722. The summed E-state index contributed by atoms with van der Waals surface area (Å²) >= 11 is 1.36. The topological polar surface area (TPSA) is 74.3 Å². The van der Waals surface area contributed by atoms with Gasteiger partial charge < -0.3 is 10.2 Å². The number of carbonyl (C=O) groups is 2. The summed E-state index contributed by atoms with van der Waals surface area (Å²) in [6.45, 7) is 8.06. The van der Waals surface area contributed by atoms with E-state index in [9.17, 15) is 9.59 Å². The lowest BCUT2D eigenvalue weighted by atomic mass is 9.96. The molecule has 1 aromatic rings. The minimum atomic E-state index is -0.204. The molecule has 7 heteroatoms. The third-order valence-electron chi connectivity index (χ3n) is 4.45. The van der Waals surface area contributed by atoms with Gasteiger partial charge in [-0.05, 0) is 40.5 Å². The fourth-order valence-electron chi connectivity index (χ4n) is 3.43. The Labute approximate surface area is 154 Å². The zero-order chi connectivity index (χ0) is 18.4. The second kappa shape index (κ2) is 9.17. The quantitative estimate of drug-likeness (QED) is 0.804. The van der Waals surface area contributed by atoms with Crippen LogP contribution in [-0.2, 0) is 11.2 Å². The Balaban J connectivity index is 1.86. The van der Waals surface area contributed by atoms with Gasteiger partial charge in [0.05, 0.1) is 12.1 Å². The number of hydrogen-bond acceptors (Lipinski definition) is 4. The SMILES string of the molecule is CC(C)N(C(=O)Cc1csc(NC(=O)NC2CCCCC2)n1)C(C)C. The highest BCUT2D eigenvalue weighted by molar-refractivity contribution is 7.13. The van der Waals surface area contributed by atoms with Crippen LogP contribution < -0.4 is 10.6 Å². The highest BCUT2D eigenvalue weighted by Gasteiger charge is 2.21. The molecule has 1 heterocycles. The molecule has 1 aliphatic carbocycles. The summed E-state index contributed by atoms with van der Waals surface area (Å²) in [4.78, 5) is 30.8. The van der Waals surface area contributed by atoms with Gasteiger partial charge in [-0.15, -0.1) is 11.3 Å². The fourth-order valence-corrected chi connectivity index (χ4v) is 4.13. The summed E-state index contributed by atoms with van der Waals surface area (Å²) in [7, 11) is 0. The number of aromatic nitrogens is 1. The molecule has 1 aliphatic rings. The smallest absolute Gasteiger partial charge is 0.321 e. The number of anilines is 1. The Morgan fingerprint density at radius 1 is 1.20 bits per heavy atom. The molecule has 0 aromatic carbocycles. The van der Waals surface area contributed by atoms with E-state index >= 15 is 0 Å². The van der Waals surface area contributed by atoms with Crippen LogP contribution in [0.15, 0.2) is 5.38 Å². The molecule has 0 spiro atoms. The van der Waals surface area contributed by atoms with Gasteiger partial charge in [0.1, 0.15) is 0 Å². The summed E-state index contributed by atoms with van der Waals surface area (Å²) in [5, 5.41) is 8.18. The van der Waals surface area contributed by atoms with E-state index in [4.69, 9.17) is 0 Å². The normalized spacial score (nSPS) is 15.4. The monoisotopic (exact) mass is 366 g/mol. The molecule has 25 heavy (non-hydrogen) atoms. The molecule has 2 rings (SSSR count). The molecule has 0 aliphatic heterocycles. The van der Waals surface area contributed by atoms with E-state index in [-0.39, 0.29) is 36.5 Å². The van der Waals surface area contributed by atoms with E-state index < -0.39 is 0 Å². The Morgan fingerprint density at radius 3 is 2.44 bits per heavy atom. The van der Waals surface area contributed by atoms with Crippen molar-refractivity contribution in [3.05, 3.63) is 11.1 Å². The average molecular weight is 367 g/mol. The first-order valence-corrected chi connectivity index (χ1v) is 10.1. The maximum absolute atomic E-state index is 12.5. The van der Waals surface area contributed by atoms with Gasteiger partial charge in [0, 0.05) is 23.5 Å². The van der Waals surface area contributed by atoms with Crippen LogP contribution >= 0.6 is 11.3 Å². The minimum absolute atomic E-state index is 0.0634. The van der Waals surface area contributed by atoms with Gasteiger partial charge in [0.25, 0.3) is 0 Å². The lowest BCUT2D eigenvalue weighted by Gasteiger charge is -2.30. The van der Waals surface area contributed by atoms with E-state index in [1.54, 1.807) is 0 Å². The first-order valence-electron chi connectivity index (χ1n) is 9.20. The van der Waals surface area contributed by atoms with Crippen molar-refractivity contribution in [3.63, 3.8) is 0 Å². The van der Waals surface area contributed by atoms with Gasteiger partial charge in [-0.3, -0.25) is 10.1 Å². The molecule has 3 amide bonds. The summed E-state index contributed by atoms with van der Waals surface area (Å²) in [5.41, 5.74) is 0.703. The molecule has 1 aromatic heterocycles. The molecule has 1 fully saturated rings. The molecule has 0 unspecified atom stereocenters. The number of thiazole rings is 1. The molecule has 0 radical (unpaired) electrons. The van der Waals surface area contributed by atoms with Crippen molar-refractivity contribution in [1.82, 2.24) is 15.2 Å². The van der Waals surface area contributed by atoms with Gasteiger partial charge in [-0.25, -0.2) is 9.78 Å². The number of urea groups is 1. The largest absolute Gasteiger partial charge is 0.338 e. The summed E-state index contributed by atoms with van der Waals surface area (Å²) in [5.74, 6) is 0.0634. The Morgan fingerprint density at radius 2 is 1.84 bits per heavy atom. The highest BCUT2D eigenvalue weighted by Crippen LogP contribution is 2.19. The van der Waals surface area contributed by atoms with Crippen LogP contribution in [-0.4, -0.2) is 39.9 Å². The van der Waals surface area contributed by atoms with Gasteiger partial charge in [-0.2, -0.15) is 0 Å². The predicted octanol–water partition coefficient (Wildman–Crippen LogP) is 3.79. The molecular weight excluding hydrogens is 336 g/mol. The van der Waals surface area contributed by atoms with Crippen molar-refractivity contribution in [2.45, 2.75) is 84.3 Å². The molecule has 6 nitrogen and oxygen atoms in total. The first-order chi connectivity index (χ1) is 11.9. The molecule has 0 bridgehead atoms.